The van der Waals surface area contributed by atoms with E-state index in [0.717, 1.165) is 22.8 Å². The number of nitrogens with zero attached hydrogens (tertiary/aromatic N) is 2. The number of hydrogen-bond donors (Lipinski definition) is 1. The first-order valence-electron chi connectivity index (χ1n) is 3.71. The van der Waals surface area contributed by atoms with Gasteiger partial charge in [0.15, 0.2) is 5.13 Å². The van der Waals surface area contributed by atoms with Crippen molar-refractivity contribution in [1.29, 1.82) is 0 Å². The summed E-state index contributed by atoms with van der Waals surface area (Å²) in [6.45, 7) is 1.96. The molecule has 0 aliphatic carbocycles. The van der Waals surface area contributed by atoms with Gasteiger partial charge in [-0.15, -0.1) is 11.3 Å². The van der Waals surface area contributed by atoms with E-state index in [1.165, 1.54) is 0 Å². The van der Waals surface area contributed by atoms with Crippen LogP contribution in [0.4, 0.5) is 5.13 Å². The van der Waals surface area contributed by atoms with Gasteiger partial charge in [0.1, 0.15) is 4.60 Å². The van der Waals surface area contributed by atoms with Crippen LogP contribution in [0.3, 0.4) is 0 Å². The maximum absolute atomic E-state index is 4.30. The third kappa shape index (κ3) is 2.73. The van der Waals surface area contributed by atoms with Crippen molar-refractivity contribution in [3.8, 4) is 0 Å². The number of aromatic nitrogens is 1. The van der Waals surface area contributed by atoms with Crippen LogP contribution in [0, 0.1) is 0 Å². The maximum atomic E-state index is 4.30. The molecule has 0 saturated carbocycles. The van der Waals surface area contributed by atoms with E-state index in [1.807, 2.05) is 19.5 Å². The number of nitrogens with one attached hydrogen (secondary N) is 1. The van der Waals surface area contributed by atoms with Gasteiger partial charge in [0.05, 0.1) is 0 Å². The Hall–Kier alpha value is -0.130. The van der Waals surface area contributed by atoms with Crippen molar-refractivity contribution in [3.05, 3.63) is 9.98 Å². The average molecular weight is 250 g/mol. The van der Waals surface area contributed by atoms with Crippen LogP contribution in [0.15, 0.2) is 9.98 Å². The van der Waals surface area contributed by atoms with Gasteiger partial charge in [-0.25, -0.2) is 4.98 Å². The minimum absolute atomic E-state index is 0.916. The second-order valence-corrected chi connectivity index (χ2v) is 4.13. The molecule has 3 nitrogen and oxygen atoms in total. The fraction of sp³-hybridized carbons (Fsp3) is 0.571. The molecule has 0 fully saturated rings. The van der Waals surface area contributed by atoms with Gasteiger partial charge in [0, 0.05) is 25.5 Å². The first kappa shape index (κ1) is 9.95. The molecular formula is C7H12BrN3S. The van der Waals surface area contributed by atoms with E-state index >= 15 is 0 Å². The van der Waals surface area contributed by atoms with Crippen LogP contribution in [-0.2, 0) is 0 Å². The van der Waals surface area contributed by atoms with E-state index in [1.54, 1.807) is 11.3 Å². The number of rotatable bonds is 4. The third-order valence-corrected chi connectivity index (χ3v) is 3.15. The van der Waals surface area contributed by atoms with Crippen molar-refractivity contribution >= 4 is 32.4 Å². The molecular weight excluding hydrogens is 238 g/mol. The molecule has 1 rings (SSSR count). The fourth-order valence-corrected chi connectivity index (χ4v) is 2.04. The van der Waals surface area contributed by atoms with Gasteiger partial charge < -0.3 is 10.2 Å². The summed E-state index contributed by atoms with van der Waals surface area (Å²) in [5.41, 5.74) is 0. The number of anilines is 1. The monoisotopic (exact) mass is 249 g/mol. The molecule has 1 aromatic rings. The topological polar surface area (TPSA) is 28.2 Å². The molecule has 0 atom stereocenters. The number of hydrogen-bond acceptors (Lipinski definition) is 4. The molecule has 0 unspecified atom stereocenters. The number of halogens is 1. The van der Waals surface area contributed by atoms with E-state index in [0.29, 0.717) is 0 Å². The number of thiazole rings is 1. The van der Waals surface area contributed by atoms with Gasteiger partial charge in [-0.3, -0.25) is 0 Å². The molecule has 0 aliphatic heterocycles. The van der Waals surface area contributed by atoms with Crippen molar-refractivity contribution < 1.29 is 0 Å². The Kier molecular flexibility index (Phi) is 3.97. The number of likely N-dealkylation sites (N-methyl/N-ethyl adjacent to an activating group) is 2. The minimum atomic E-state index is 0.916. The highest BCUT2D eigenvalue weighted by Crippen LogP contribution is 2.21. The second-order valence-electron chi connectivity index (χ2n) is 2.48. The van der Waals surface area contributed by atoms with E-state index in [9.17, 15) is 0 Å². The van der Waals surface area contributed by atoms with E-state index in [-0.39, 0.29) is 0 Å². The summed E-state index contributed by atoms with van der Waals surface area (Å²) in [7, 11) is 3.99. The standard InChI is InChI=1S/C7H12BrN3S/c1-9-3-4-11(2)7-10-6(8)5-12-7/h5,9H,3-4H2,1-2H3. The zero-order chi connectivity index (χ0) is 8.97. The van der Waals surface area contributed by atoms with Gasteiger partial charge in [-0.1, -0.05) is 0 Å². The largest absolute Gasteiger partial charge is 0.350 e. The lowest BCUT2D eigenvalue weighted by Crippen LogP contribution is -2.26. The molecule has 68 valence electrons. The Balaban J connectivity index is 2.47. The lowest BCUT2D eigenvalue weighted by atomic mass is 10.6. The van der Waals surface area contributed by atoms with Gasteiger partial charge in [0.25, 0.3) is 0 Å². The molecule has 0 spiro atoms. The van der Waals surface area contributed by atoms with Gasteiger partial charge in [0.2, 0.25) is 0 Å². The fourth-order valence-electron chi connectivity index (χ4n) is 0.796. The Morgan fingerprint density at radius 2 is 2.50 bits per heavy atom. The predicted molar refractivity (Wildman–Crippen MR) is 57.0 cm³/mol. The Morgan fingerprint density at radius 1 is 1.75 bits per heavy atom. The summed E-state index contributed by atoms with van der Waals surface area (Å²) in [6.07, 6.45) is 0. The van der Waals surface area contributed by atoms with Crippen LogP contribution in [0.25, 0.3) is 0 Å². The molecule has 0 radical (unpaired) electrons. The van der Waals surface area contributed by atoms with Gasteiger partial charge >= 0.3 is 0 Å². The summed E-state index contributed by atoms with van der Waals surface area (Å²) in [4.78, 5) is 6.43. The molecule has 5 heteroatoms. The molecule has 0 bridgehead atoms. The minimum Gasteiger partial charge on any atom is -0.350 e. The van der Waals surface area contributed by atoms with Crippen LogP contribution < -0.4 is 10.2 Å². The predicted octanol–water partition coefficient (Wildman–Crippen LogP) is 1.56. The van der Waals surface area contributed by atoms with Crippen LogP contribution in [0.2, 0.25) is 0 Å². The molecule has 0 amide bonds. The van der Waals surface area contributed by atoms with Crippen molar-refractivity contribution in [3.63, 3.8) is 0 Å². The molecule has 0 aromatic carbocycles. The highest BCUT2D eigenvalue weighted by atomic mass is 79.9. The van der Waals surface area contributed by atoms with Gasteiger partial charge in [-0.05, 0) is 23.0 Å². The van der Waals surface area contributed by atoms with Crippen molar-refractivity contribution in [1.82, 2.24) is 10.3 Å². The summed E-state index contributed by atoms with van der Waals surface area (Å²) in [5, 5.41) is 6.14. The molecule has 12 heavy (non-hydrogen) atoms. The zero-order valence-electron chi connectivity index (χ0n) is 7.17. The van der Waals surface area contributed by atoms with Gasteiger partial charge in [-0.2, -0.15) is 0 Å². The highest BCUT2D eigenvalue weighted by Gasteiger charge is 2.03. The Labute approximate surface area is 84.9 Å². The third-order valence-electron chi connectivity index (χ3n) is 1.49. The van der Waals surface area contributed by atoms with E-state index in [4.69, 9.17) is 0 Å². The summed E-state index contributed by atoms with van der Waals surface area (Å²) >= 11 is 4.97. The average Bonchev–Trinajstić information content (AvgIpc) is 2.47. The van der Waals surface area contributed by atoms with Crippen LogP contribution >= 0.6 is 27.3 Å². The van der Waals surface area contributed by atoms with Crippen molar-refractivity contribution in [2.45, 2.75) is 0 Å². The summed E-state index contributed by atoms with van der Waals surface area (Å²) < 4.78 is 0.916. The van der Waals surface area contributed by atoms with Crippen molar-refractivity contribution in [2.24, 2.45) is 0 Å². The van der Waals surface area contributed by atoms with Crippen LogP contribution in [-0.4, -0.2) is 32.2 Å². The lowest BCUT2D eigenvalue weighted by Gasteiger charge is -2.14. The Morgan fingerprint density at radius 3 is 3.00 bits per heavy atom. The molecule has 0 aliphatic rings. The van der Waals surface area contributed by atoms with E-state index < -0.39 is 0 Å². The van der Waals surface area contributed by atoms with Crippen LogP contribution in [0.5, 0.6) is 0 Å². The quantitative estimate of drug-likeness (QED) is 0.879. The lowest BCUT2D eigenvalue weighted by molar-refractivity contribution is 0.766. The molecule has 1 aromatic heterocycles. The summed E-state index contributed by atoms with van der Waals surface area (Å²) in [6, 6.07) is 0. The maximum Gasteiger partial charge on any atom is 0.186 e. The van der Waals surface area contributed by atoms with Crippen LogP contribution in [0.1, 0.15) is 0 Å². The highest BCUT2D eigenvalue weighted by molar-refractivity contribution is 9.10. The first-order valence-corrected chi connectivity index (χ1v) is 5.38. The van der Waals surface area contributed by atoms with Crippen molar-refractivity contribution in [2.75, 3.05) is 32.1 Å². The van der Waals surface area contributed by atoms with E-state index in [2.05, 4.69) is 31.1 Å². The molecule has 1 heterocycles. The first-order chi connectivity index (χ1) is 5.74. The SMILES string of the molecule is CNCCN(C)c1nc(Br)cs1. The Bertz CT molecular complexity index is 238. The summed E-state index contributed by atoms with van der Waals surface area (Å²) in [5.74, 6) is 0. The molecule has 1 N–H and O–H groups in total. The normalized spacial score (nSPS) is 10.2. The molecule has 0 saturated heterocycles. The smallest absolute Gasteiger partial charge is 0.186 e. The zero-order valence-corrected chi connectivity index (χ0v) is 9.57. The second kappa shape index (κ2) is 4.79.